The van der Waals surface area contributed by atoms with Crippen LogP contribution < -0.4 is 4.80 Å². The van der Waals surface area contributed by atoms with Crippen LogP contribution in [0.4, 0.5) is 5.69 Å². The minimum absolute atomic E-state index is 0. The molecular weight excluding hydrogens is 458 g/mol. The van der Waals surface area contributed by atoms with Gasteiger partial charge in [-0.05, 0) is 29.2 Å². The molecule has 4 rings (SSSR count). The van der Waals surface area contributed by atoms with Gasteiger partial charge in [0.15, 0.2) is 4.80 Å². The topological polar surface area (TPSA) is 29.8 Å². The highest BCUT2D eigenvalue weighted by Crippen LogP contribution is 2.24. The molecular formula is C24H30BrN3OS. The second-order valence-electron chi connectivity index (χ2n) is 7.73. The summed E-state index contributed by atoms with van der Waals surface area (Å²) in [6.07, 6.45) is 0. The third-order valence-electron chi connectivity index (χ3n) is 5.40. The van der Waals surface area contributed by atoms with Crippen molar-refractivity contribution >= 4 is 34.0 Å². The lowest BCUT2D eigenvalue weighted by molar-refractivity contribution is 0.0363. The monoisotopic (exact) mass is 487 g/mol. The molecule has 3 aromatic rings. The van der Waals surface area contributed by atoms with E-state index < -0.39 is 0 Å². The maximum Gasteiger partial charge on any atom is 0.190 e. The van der Waals surface area contributed by atoms with Gasteiger partial charge in [-0.3, -0.25) is 4.90 Å². The highest BCUT2D eigenvalue weighted by atomic mass is 79.9. The molecule has 0 atom stereocenters. The molecule has 30 heavy (non-hydrogen) atoms. The van der Waals surface area contributed by atoms with Gasteiger partial charge < -0.3 is 9.30 Å². The highest BCUT2D eigenvalue weighted by molar-refractivity contribution is 8.93. The van der Waals surface area contributed by atoms with E-state index in [9.17, 15) is 0 Å². The number of benzene rings is 2. The van der Waals surface area contributed by atoms with Crippen molar-refractivity contribution in [3.63, 3.8) is 0 Å². The minimum atomic E-state index is 0. The summed E-state index contributed by atoms with van der Waals surface area (Å²) in [6, 6.07) is 19.2. The molecule has 1 fully saturated rings. The first kappa shape index (κ1) is 22.9. The lowest BCUT2D eigenvalue weighted by Gasteiger charge is -2.26. The van der Waals surface area contributed by atoms with E-state index >= 15 is 0 Å². The fraction of sp³-hybridized carbons (Fsp3) is 0.375. The zero-order chi connectivity index (χ0) is 20.1. The van der Waals surface area contributed by atoms with Crippen LogP contribution in [0.25, 0.3) is 11.3 Å². The van der Waals surface area contributed by atoms with Crippen molar-refractivity contribution in [3.8, 4) is 11.3 Å². The average molecular weight is 488 g/mol. The average Bonchev–Trinajstić information content (AvgIpc) is 3.16. The maximum absolute atomic E-state index is 5.50. The molecule has 1 aromatic heterocycles. The molecule has 0 spiro atoms. The van der Waals surface area contributed by atoms with Gasteiger partial charge in [-0.15, -0.1) is 28.3 Å². The zero-order valence-corrected chi connectivity index (χ0v) is 20.2. The number of morpholine rings is 1. The lowest BCUT2D eigenvalue weighted by Crippen LogP contribution is -2.39. The summed E-state index contributed by atoms with van der Waals surface area (Å²) in [5.74, 6) is 0.545. The van der Waals surface area contributed by atoms with Crippen LogP contribution in [0.1, 0.15) is 25.3 Å². The fourth-order valence-electron chi connectivity index (χ4n) is 3.58. The van der Waals surface area contributed by atoms with Crippen LogP contribution in [0, 0.1) is 0 Å². The van der Waals surface area contributed by atoms with Gasteiger partial charge in [0, 0.05) is 31.6 Å². The van der Waals surface area contributed by atoms with E-state index in [1.807, 2.05) is 18.2 Å². The maximum atomic E-state index is 5.50. The van der Waals surface area contributed by atoms with Crippen LogP contribution in [0.3, 0.4) is 0 Å². The number of halogens is 1. The van der Waals surface area contributed by atoms with Gasteiger partial charge in [-0.2, -0.15) is 0 Å². The molecule has 4 nitrogen and oxygen atoms in total. The van der Waals surface area contributed by atoms with Crippen LogP contribution in [-0.2, 0) is 11.3 Å². The molecule has 0 N–H and O–H groups in total. The first-order chi connectivity index (χ1) is 14.2. The van der Waals surface area contributed by atoms with E-state index in [-0.39, 0.29) is 17.0 Å². The normalized spacial score (nSPS) is 15.4. The summed E-state index contributed by atoms with van der Waals surface area (Å²) in [5.41, 5.74) is 4.87. The summed E-state index contributed by atoms with van der Waals surface area (Å²) in [6.45, 7) is 10.1. The molecule has 0 unspecified atom stereocenters. The Balaban J connectivity index is 0.00000256. The first-order valence-corrected chi connectivity index (χ1v) is 11.3. The van der Waals surface area contributed by atoms with E-state index in [0.717, 1.165) is 49.9 Å². The standard InChI is InChI=1S/C24H29N3OS.BrH/c1-19(2)20-8-10-21(11-9-20)23-18-29-24(25-22-6-4-3-5-7-22)27(23)13-12-26-14-16-28-17-15-26;/h3-11,18-19H,12-17H2,1-2H3;1H. The number of ether oxygens (including phenoxy) is 1. The number of hydrogen-bond donors (Lipinski definition) is 0. The summed E-state index contributed by atoms with van der Waals surface area (Å²) in [4.78, 5) is 8.46. The third-order valence-corrected chi connectivity index (χ3v) is 6.26. The molecule has 0 aliphatic carbocycles. The molecule has 160 valence electrons. The Morgan fingerprint density at radius 2 is 1.67 bits per heavy atom. The van der Waals surface area contributed by atoms with Crippen molar-refractivity contribution < 1.29 is 4.74 Å². The first-order valence-electron chi connectivity index (χ1n) is 10.4. The Bertz CT molecular complexity index is 974. The largest absolute Gasteiger partial charge is 0.379 e. The van der Waals surface area contributed by atoms with Crippen molar-refractivity contribution in [2.24, 2.45) is 4.99 Å². The second kappa shape index (κ2) is 11.0. The molecule has 6 heteroatoms. The van der Waals surface area contributed by atoms with Gasteiger partial charge in [-0.25, -0.2) is 4.99 Å². The van der Waals surface area contributed by atoms with E-state index in [0.29, 0.717) is 5.92 Å². The summed E-state index contributed by atoms with van der Waals surface area (Å²) in [5, 5.41) is 2.24. The molecule has 0 amide bonds. The van der Waals surface area contributed by atoms with Crippen molar-refractivity contribution in [2.45, 2.75) is 26.3 Å². The third kappa shape index (κ3) is 5.70. The van der Waals surface area contributed by atoms with Crippen molar-refractivity contribution in [1.29, 1.82) is 0 Å². The molecule has 2 heterocycles. The summed E-state index contributed by atoms with van der Waals surface area (Å²) in [7, 11) is 0. The van der Waals surface area contributed by atoms with E-state index in [2.05, 4.69) is 65.1 Å². The Hall–Kier alpha value is -1.73. The predicted molar refractivity (Wildman–Crippen MR) is 131 cm³/mol. The van der Waals surface area contributed by atoms with E-state index in [1.54, 1.807) is 11.3 Å². The van der Waals surface area contributed by atoms with Crippen molar-refractivity contribution in [2.75, 3.05) is 32.8 Å². The Labute approximate surface area is 193 Å². The fourth-order valence-corrected chi connectivity index (χ4v) is 4.54. The minimum Gasteiger partial charge on any atom is -0.379 e. The van der Waals surface area contributed by atoms with Crippen LogP contribution in [0.2, 0.25) is 0 Å². The number of hydrogen-bond acceptors (Lipinski definition) is 4. The highest BCUT2D eigenvalue weighted by Gasteiger charge is 2.13. The molecule has 0 bridgehead atoms. The predicted octanol–water partition coefficient (Wildman–Crippen LogP) is 5.48. The Kier molecular flexibility index (Phi) is 8.45. The summed E-state index contributed by atoms with van der Waals surface area (Å²) < 4.78 is 7.87. The second-order valence-corrected chi connectivity index (χ2v) is 8.57. The van der Waals surface area contributed by atoms with Gasteiger partial charge in [0.25, 0.3) is 0 Å². The lowest BCUT2D eigenvalue weighted by atomic mass is 10.0. The van der Waals surface area contributed by atoms with Gasteiger partial charge >= 0.3 is 0 Å². The van der Waals surface area contributed by atoms with Gasteiger partial charge in [0.2, 0.25) is 0 Å². The Morgan fingerprint density at radius 3 is 2.33 bits per heavy atom. The number of nitrogens with zero attached hydrogens (tertiary/aromatic N) is 3. The van der Waals surface area contributed by atoms with Gasteiger partial charge in [0.1, 0.15) is 0 Å². The van der Waals surface area contributed by atoms with Crippen LogP contribution >= 0.6 is 28.3 Å². The SMILES string of the molecule is Br.CC(C)c1ccc(-c2csc(=Nc3ccccc3)n2CCN2CCOCC2)cc1. The molecule has 1 aliphatic heterocycles. The van der Waals surface area contributed by atoms with E-state index in [4.69, 9.17) is 9.73 Å². The molecule has 0 saturated carbocycles. The summed E-state index contributed by atoms with van der Waals surface area (Å²) >= 11 is 1.72. The van der Waals surface area contributed by atoms with Crippen LogP contribution in [0.15, 0.2) is 65.0 Å². The zero-order valence-electron chi connectivity index (χ0n) is 17.7. The number of aromatic nitrogens is 1. The quantitative estimate of drug-likeness (QED) is 0.460. The molecule has 2 aromatic carbocycles. The van der Waals surface area contributed by atoms with E-state index in [1.165, 1.54) is 16.8 Å². The smallest absolute Gasteiger partial charge is 0.190 e. The number of rotatable bonds is 6. The molecule has 1 saturated heterocycles. The molecule has 1 aliphatic rings. The number of thiazole rings is 1. The van der Waals surface area contributed by atoms with Crippen LogP contribution in [-0.4, -0.2) is 42.3 Å². The Morgan fingerprint density at radius 1 is 0.967 bits per heavy atom. The molecule has 0 radical (unpaired) electrons. The van der Waals surface area contributed by atoms with Gasteiger partial charge in [0.05, 0.1) is 24.6 Å². The van der Waals surface area contributed by atoms with Crippen molar-refractivity contribution in [3.05, 3.63) is 70.3 Å². The number of para-hydroxylation sites is 1. The van der Waals surface area contributed by atoms with Crippen LogP contribution in [0.5, 0.6) is 0 Å². The van der Waals surface area contributed by atoms with Gasteiger partial charge in [-0.1, -0.05) is 56.3 Å². The van der Waals surface area contributed by atoms with Crippen molar-refractivity contribution in [1.82, 2.24) is 9.47 Å².